The summed E-state index contributed by atoms with van der Waals surface area (Å²) in [6.45, 7) is 3.86. The first-order chi connectivity index (χ1) is 11.3. The van der Waals surface area contributed by atoms with Crippen molar-refractivity contribution in [3.8, 4) is 0 Å². The molecular weight excluding hydrogens is 286 g/mol. The number of benzene rings is 2. The van der Waals surface area contributed by atoms with E-state index in [9.17, 15) is 0 Å². The summed E-state index contributed by atoms with van der Waals surface area (Å²) in [5.74, 6) is 1.52. The maximum atomic E-state index is 5.39. The third kappa shape index (κ3) is 2.75. The highest BCUT2D eigenvalue weighted by Crippen LogP contribution is 2.36. The Labute approximate surface area is 136 Å². The molecule has 2 aromatic carbocycles. The maximum Gasteiger partial charge on any atom is 0.240 e. The Bertz CT molecular complexity index is 806. The smallest absolute Gasteiger partial charge is 0.240 e. The summed E-state index contributed by atoms with van der Waals surface area (Å²) in [6.07, 6.45) is 3.21. The number of hydrogen-bond donors (Lipinski definition) is 0. The molecule has 1 atom stereocenters. The van der Waals surface area contributed by atoms with Crippen LogP contribution in [0, 0.1) is 0 Å². The first-order valence-corrected chi connectivity index (χ1v) is 8.38. The summed E-state index contributed by atoms with van der Waals surface area (Å²) in [6, 6.07) is 15.7. The standard InChI is InChI=1S/C19H21N3O/c1-2-18-20-19(23-21-18)13-22-12-6-11-17(22)16-10-5-8-14-7-3-4-9-15(14)16/h3-5,7-10,17H,2,6,11-13H2,1H3. The van der Waals surface area contributed by atoms with E-state index in [1.807, 2.05) is 6.92 Å². The van der Waals surface area contributed by atoms with Gasteiger partial charge in [0.2, 0.25) is 5.89 Å². The number of likely N-dealkylation sites (tertiary alicyclic amines) is 1. The number of aryl methyl sites for hydroxylation is 1. The van der Waals surface area contributed by atoms with E-state index in [4.69, 9.17) is 4.52 Å². The topological polar surface area (TPSA) is 42.2 Å². The van der Waals surface area contributed by atoms with E-state index >= 15 is 0 Å². The van der Waals surface area contributed by atoms with E-state index in [2.05, 4.69) is 57.5 Å². The highest BCUT2D eigenvalue weighted by atomic mass is 16.5. The van der Waals surface area contributed by atoms with Gasteiger partial charge in [-0.15, -0.1) is 0 Å². The zero-order valence-corrected chi connectivity index (χ0v) is 13.4. The van der Waals surface area contributed by atoms with Crippen LogP contribution in [-0.2, 0) is 13.0 Å². The monoisotopic (exact) mass is 307 g/mol. The first kappa shape index (κ1) is 14.4. The van der Waals surface area contributed by atoms with Gasteiger partial charge < -0.3 is 4.52 Å². The highest BCUT2D eigenvalue weighted by Gasteiger charge is 2.28. The van der Waals surface area contributed by atoms with Gasteiger partial charge in [-0.05, 0) is 35.7 Å². The van der Waals surface area contributed by atoms with E-state index < -0.39 is 0 Å². The number of aromatic nitrogens is 2. The molecule has 0 spiro atoms. The minimum Gasteiger partial charge on any atom is -0.338 e. The molecule has 4 heteroatoms. The van der Waals surface area contributed by atoms with E-state index in [1.54, 1.807) is 0 Å². The Morgan fingerprint density at radius 3 is 2.91 bits per heavy atom. The lowest BCUT2D eigenvalue weighted by molar-refractivity contribution is 0.213. The summed E-state index contributed by atoms with van der Waals surface area (Å²) in [5, 5.41) is 6.67. The summed E-state index contributed by atoms with van der Waals surface area (Å²) >= 11 is 0. The SMILES string of the molecule is CCc1noc(CN2CCCC2c2cccc3ccccc23)n1. The van der Waals surface area contributed by atoms with Crippen molar-refractivity contribution in [2.45, 2.75) is 38.8 Å². The van der Waals surface area contributed by atoms with Gasteiger partial charge in [0.15, 0.2) is 5.82 Å². The molecule has 1 aliphatic heterocycles. The molecule has 1 fully saturated rings. The molecule has 118 valence electrons. The van der Waals surface area contributed by atoms with E-state index in [0.29, 0.717) is 6.04 Å². The summed E-state index contributed by atoms with van der Waals surface area (Å²) in [5.41, 5.74) is 1.41. The van der Waals surface area contributed by atoms with Crippen molar-refractivity contribution in [2.24, 2.45) is 0 Å². The van der Waals surface area contributed by atoms with Crippen molar-refractivity contribution in [1.82, 2.24) is 15.0 Å². The Kier molecular flexibility index (Phi) is 3.83. The van der Waals surface area contributed by atoms with Crippen LogP contribution >= 0.6 is 0 Å². The lowest BCUT2D eigenvalue weighted by atomic mass is 9.97. The van der Waals surface area contributed by atoms with Crippen LogP contribution in [0.25, 0.3) is 10.8 Å². The summed E-state index contributed by atoms with van der Waals surface area (Å²) in [4.78, 5) is 6.93. The lowest BCUT2D eigenvalue weighted by Gasteiger charge is -2.24. The van der Waals surface area contributed by atoms with E-state index in [0.717, 1.165) is 31.2 Å². The first-order valence-electron chi connectivity index (χ1n) is 8.38. The molecule has 1 aromatic heterocycles. The Balaban J connectivity index is 1.64. The molecule has 2 heterocycles. The molecular formula is C19H21N3O. The van der Waals surface area contributed by atoms with Crippen LogP contribution in [0.3, 0.4) is 0 Å². The second kappa shape index (κ2) is 6.13. The molecule has 3 aromatic rings. The quantitative estimate of drug-likeness (QED) is 0.727. The molecule has 0 aliphatic carbocycles. The molecule has 4 nitrogen and oxygen atoms in total. The van der Waals surface area contributed by atoms with Crippen LogP contribution in [0.15, 0.2) is 47.0 Å². The van der Waals surface area contributed by atoms with Crippen LogP contribution in [-0.4, -0.2) is 21.6 Å². The molecule has 0 N–H and O–H groups in total. The van der Waals surface area contributed by atoms with Crippen molar-refractivity contribution >= 4 is 10.8 Å². The van der Waals surface area contributed by atoms with Crippen LogP contribution in [0.5, 0.6) is 0 Å². The van der Waals surface area contributed by atoms with Gasteiger partial charge in [0, 0.05) is 12.5 Å². The fourth-order valence-corrected chi connectivity index (χ4v) is 3.58. The van der Waals surface area contributed by atoms with Crippen molar-refractivity contribution in [3.63, 3.8) is 0 Å². The predicted molar refractivity (Wildman–Crippen MR) is 90.0 cm³/mol. The van der Waals surface area contributed by atoms with Gasteiger partial charge in [0.1, 0.15) is 0 Å². The van der Waals surface area contributed by atoms with Crippen LogP contribution in [0.4, 0.5) is 0 Å². The van der Waals surface area contributed by atoms with Gasteiger partial charge in [0.25, 0.3) is 0 Å². The van der Waals surface area contributed by atoms with E-state index in [-0.39, 0.29) is 0 Å². The third-order valence-corrected chi connectivity index (χ3v) is 4.71. The van der Waals surface area contributed by atoms with Gasteiger partial charge in [-0.1, -0.05) is 54.5 Å². The molecule has 0 amide bonds. The minimum atomic E-state index is 0.429. The second-order valence-electron chi connectivity index (χ2n) is 6.15. The second-order valence-corrected chi connectivity index (χ2v) is 6.15. The van der Waals surface area contributed by atoms with Crippen LogP contribution < -0.4 is 0 Å². The average Bonchev–Trinajstić information content (AvgIpc) is 3.24. The van der Waals surface area contributed by atoms with Gasteiger partial charge in [-0.3, -0.25) is 4.90 Å². The molecule has 0 bridgehead atoms. The minimum absolute atomic E-state index is 0.429. The van der Waals surface area contributed by atoms with Gasteiger partial charge in [0.05, 0.1) is 6.54 Å². The lowest BCUT2D eigenvalue weighted by Crippen LogP contribution is -2.23. The molecule has 1 aliphatic rings. The highest BCUT2D eigenvalue weighted by molar-refractivity contribution is 5.86. The Morgan fingerprint density at radius 1 is 1.17 bits per heavy atom. The molecule has 23 heavy (non-hydrogen) atoms. The third-order valence-electron chi connectivity index (χ3n) is 4.71. The molecule has 0 saturated carbocycles. The van der Waals surface area contributed by atoms with Gasteiger partial charge >= 0.3 is 0 Å². The van der Waals surface area contributed by atoms with Crippen molar-refractivity contribution in [3.05, 3.63) is 59.7 Å². The largest absolute Gasteiger partial charge is 0.338 e. The fourth-order valence-electron chi connectivity index (χ4n) is 3.58. The number of hydrogen-bond acceptors (Lipinski definition) is 4. The predicted octanol–water partition coefficient (Wildman–Crippen LogP) is 4.12. The normalized spacial score (nSPS) is 18.7. The maximum absolute atomic E-state index is 5.39. The Morgan fingerprint density at radius 2 is 2.04 bits per heavy atom. The summed E-state index contributed by atoms with van der Waals surface area (Å²) < 4.78 is 5.39. The molecule has 1 saturated heterocycles. The average molecular weight is 307 g/mol. The van der Waals surface area contributed by atoms with Gasteiger partial charge in [-0.2, -0.15) is 4.98 Å². The zero-order valence-electron chi connectivity index (χ0n) is 13.4. The summed E-state index contributed by atoms with van der Waals surface area (Å²) in [7, 11) is 0. The van der Waals surface area contributed by atoms with Crippen molar-refractivity contribution in [2.75, 3.05) is 6.54 Å². The molecule has 0 radical (unpaired) electrons. The molecule has 4 rings (SSSR count). The number of rotatable bonds is 4. The van der Waals surface area contributed by atoms with Crippen LogP contribution in [0.2, 0.25) is 0 Å². The van der Waals surface area contributed by atoms with E-state index in [1.165, 1.54) is 29.2 Å². The number of nitrogens with zero attached hydrogens (tertiary/aromatic N) is 3. The van der Waals surface area contributed by atoms with Crippen LogP contribution in [0.1, 0.15) is 43.1 Å². The Hall–Kier alpha value is -2.20. The molecule has 1 unspecified atom stereocenters. The zero-order chi connectivity index (χ0) is 15.6. The van der Waals surface area contributed by atoms with Crippen molar-refractivity contribution in [1.29, 1.82) is 0 Å². The number of fused-ring (bicyclic) bond motifs is 1. The van der Waals surface area contributed by atoms with Crippen molar-refractivity contribution < 1.29 is 4.52 Å². The van der Waals surface area contributed by atoms with Gasteiger partial charge in [-0.25, -0.2) is 0 Å². The fraction of sp³-hybridized carbons (Fsp3) is 0.368.